The van der Waals surface area contributed by atoms with Crippen LogP contribution >= 0.6 is 11.8 Å². The second-order valence-corrected chi connectivity index (χ2v) is 7.76. The number of nitrogens with two attached hydrogens (primary N) is 1. The first-order valence-electron chi connectivity index (χ1n) is 8.99. The average molecular weight is 423 g/mol. The number of nitrogens with one attached hydrogen (secondary N) is 1. The van der Waals surface area contributed by atoms with Crippen LogP contribution in [0, 0.1) is 0 Å². The van der Waals surface area contributed by atoms with Crippen LogP contribution in [-0.2, 0) is 11.3 Å². The van der Waals surface area contributed by atoms with Crippen molar-refractivity contribution in [2.24, 2.45) is 5.73 Å². The molecule has 3 N–H and O–H groups in total. The smallest absolute Gasteiger partial charge is 0.287 e. The Bertz CT molecular complexity index is 967. The van der Waals surface area contributed by atoms with E-state index in [1.165, 1.54) is 0 Å². The molecule has 1 aromatic carbocycles. The van der Waals surface area contributed by atoms with Gasteiger partial charge in [-0.2, -0.15) is 0 Å². The van der Waals surface area contributed by atoms with Crippen molar-refractivity contribution in [1.29, 1.82) is 0 Å². The van der Waals surface area contributed by atoms with Crippen molar-refractivity contribution < 1.29 is 23.1 Å². The first kappa shape index (κ1) is 19.5. The van der Waals surface area contributed by atoms with Gasteiger partial charge in [0.15, 0.2) is 5.82 Å². The number of imidazole rings is 1. The normalized spacial score (nSPS) is 19.4. The highest BCUT2D eigenvalue weighted by molar-refractivity contribution is 8.14. The summed E-state index contributed by atoms with van der Waals surface area (Å²) in [6.07, 6.45) is -1.04. The number of halogens is 2. The third-order valence-corrected chi connectivity index (χ3v) is 5.78. The second-order valence-electron chi connectivity index (χ2n) is 6.79. The first-order valence-corrected chi connectivity index (χ1v) is 9.98. The summed E-state index contributed by atoms with van der Waals surface area (Å²) in [6.45, 7) is 2.44. The number of nitrogens with zero attached hydrogens (tertiary/aromatic N) is 3. The fourth-order valence-corrected chi connectivity index (χ4v) is 4.26. The second kappa shape index (κ2) is 7.54. The number of primary amides is 1. The van der Waals surface area contributed by atoms with Crippen LogP contribution in [0.25, 0.3) is 11.4 Å². The molecule has 0 radical (unpaired) electrons. The zero-order chi connectivity index (χ0) is 20.7. The molecule has 0 spiro atoms. The molecule has 0 aliphatic carbocycles. The Morgan fingerprint density at radius 1 is 1.45 bits per heavy atom. The molecule has 154 valence electrons. The number of aromatic nitrogens is 2. The Morgan fingerprint density at radius 2 is 2.24 bits per heavy atom. The molecule has 1 aromatic heterocycles. The quantitative estimate of drug-likeness (QED) is 0.766. The van der Waals surface area contributed by atoms with E-state index in [-0.39, 0.29) is 11.6 Å². The van der Waals surface area contributed by atoms with Crippen molar-refractivity contribution in [2.75, 3.05) is 22.6 Å². The van der Waals surface area contributed by atoms with Gasteiger partial charge in [0.2, 0.25) is 5.91 Å². The van der Waals surface area contributed by atoms with Gasteiger partial charge in [0, 0.05) is 23.7 Å². The molecule has 2 aromatic rings. The lowest BCUT2D eigenvalue weighted by Gasteiger charge is -2.20. The van der Waals surface area contributed by atoms with Crippen molar-refractivity contribution >= 4 is 34.4 Å². The van der Waals surface area contributed by atoms with Gasteiger partial charge in [0.05, 0.1) is 12.1 Å². The SMILES string of the molecule is CC(Nc1ccc2c(c1)OCCn1cc(N3C(=O)SC[C@H]3C(F)F)nc1-2)C(N)=O. The number of anilines is 2. The molecular formula is C18H19F2N5O3S. The van der Waals surface area contributed by atoms with Crippen molar-refractivity contribution in [3.8, 4) is 17.1 Å². The Balaban J connectivity index is 1.68. The summed E-state index contributed by atoms with van der Waals surface area (Å²) >= 11 is 0.869. The highest BCUT2D eigenvalue weighted by Crippen LogP contribution is 2.38. The Labute approximate surface area is 169 Å². The van der Waals surface area contributed by atoms with Gasteiger partial charge < -0.3 is 20.4 Å². The highest BCUT2D eigenvalue weighted by atomic mass is 32.2. The Morgan fingerprint density at radius 3 is 2.97 bits per heavy atom. The predicted molar refractivity (Wildman–Crippen MR) is 106 cm³/mol. The zero-order valence-electron chi connectivity index (χ0n) is 15.5. The lowest BCUT2D eigenvalue weighted by molar-refractivity contribution is -0.118. The molecular weight excluding hydrogens is 404 g/mol. The maximum atomic E-state index is 13.3. The van der Waals surface area contributed by atoms with Gasteiger partial charge in [-0.05, 0) is 19.1 Å². The lowest BCUT2D eigenvalue weighted by Crippen LogP contribution is -2.38. The molecule has 2 atom stereocenters. The van der Waals surface area contributed by atoms with E-state index in [9.17, 15) is 18.4 Å². The molecule has 11 heteroatoms. The molecule has 1 saturated heterocycles. The molecule has 3 heterocycles. The van der Waals surface area contributed by atoms with Crippen LogP contribution in [-0.4, -0.2) is 51.6 Å². The van der Waals surface area contributed by atoms with E-state index in [1.807, 2.05) is 0 Å². The topological polar surface area (TPSA) is 102 Å². The fraction of sp³-hybridized carbons (Fsp3) is 0.389. The summed E-state index contributed by atoms with van der Waals surface area (Å²) in [4.78, 5) is 29.0. The number of carbonyl (C=O) groups excluding carboxylic acids is 2. The molecule has 2 aliphatic heterocycles. The number of alkyl halides is 2. The summed E-state index contributed by atoms with van der Waals surface area (Å²) in [5, 5.41) is 2.56. The van der Waals surface area contributed by atoms with Crippen LogP contribution in [0.1, 0.15) is 6.92 Å². The van der Waals surface area contributed by atoms with Gasteiger partial charge in [-0.15, -0.1) is 0 Å². The molecule has 8 nitrogen and oxygen atoms in total. The number of hydrogen-bond donors (Lipinski definition) is 2. The zero-order valence-corrected chi connectivity index (χ0v) is 16.3. The number of amides is 2. The molecule has 4 rings (SSSR count). The van der Waals surface area contributed by atoms with Gasteiger partial charge >= 0.3 is 0 Å². The molecule has 2 amide bonds. The molecule has 1 fully saturated rings. The van der Waals surface area contributed by atoms with Gasteiger partial charge in [-0.25, -0.2) is 13.8 Å². The lowest BCUT2D eigenvalue weighted by atomic mass is 10.1. The average Bonchev–Trinajstić information content (AvgIpc) is 3.21. The summed E-state index contributed by atoms with van der Waals surface area (Å²) in [5.41, 5.74) is 6.60. The minimum atomic E-state index is -2.65. The van der Waals surface area contributed by atoms with Crippen molar-refractivity contribution in [3.63, 3.8) is 0 Å². The number of fused-ring (bicyclic) bond motifs is 3. The highest BCUT2D eigenvalue weighted by Gasteiger charge is 2.40. The minimum absolute atomic E-state index is 0.0332. The third-order valence-electron chi connectivity index (χ3n) is 4.83. The van der Waals surface area contributed by atoms with Gasteiger partial charge in [0.1, 0.15) is 30.3 Å². The predicted octanol–water partition coefficient (Wildman–Crippen LogP) is 2.54. The number of rotatable bonds is 5. The number of hydrogen-bond acceptors (Lipinski definition) is 6. The third kappa shape index (κ3) is 3.61. The number of thioether (sulfide) groups is 1. The Kier molecular flexibility index (Phi) is 5.07. The van der Waals surface area contributed by atoms with Crippen LogP contribution in [0.3, 0.4) is 0 Å². The van der Waals surface area contributed by atoms with Crippen LogP contribution in [0.5, 0.6) is 5.75 Å². The van der Waals surface area contributed by atoms with Crippen LogP contribution in [0.4, 0.5) is 25.1 Å². The van der Waals surface area contributed by atoms with Crippen LogP contribution in [0.2, 0.25) is 0 Å². The maximum Gasteiger partial charge on any atom is 0.287 e. The monoisotopic (exact) mass is 423 g/mol. The van der Waals surface area contributed by atoms with E-state index in [2.05, 4.69) is 10.3 Å². The Hall–Kier alpha value is -2.82. The van der Waals surface area contributed by atoms with Crippen molar-refractivity contribution in [2.45, 2.75) is 32.0 Å². The number of ether oxygens (including phenoxy) is 1. The van der Waals surface area contributed by atoms with E-state index >= 15 is 0 Å². The fourth-order valence-electron chi connectivity index (χ4n) is 3.28. The van der Waals surface area contributed by atoms with Gasteiger partial charge in [0.25, 0.3) is 11.7 Å². The van der Waals surface area contributed by atoms with Crippen molar-refractivity contribution in [1.82, 2.24) is 9.55 Å². The minimum Gasteiger partial charge on any atom is -0.491 e. The number of benzene rings is 1. The van der Waals surface area contributed by atoms with Gasteiger partial charge in [-0.1, -0.05) is 11.8 Å². The number of carbonyl (C=O) groups is 2. The van der Waals surface area contributed by atoms with E-state index in [4.69, 9.17) is 10.5 Å². The van der Waals surface area contributed by atoms with E-state index < -0.39 is 29.7 Å². The summed E-state index contributed by atoms with van der Waals surface area (Å²) in [5.74, 6) is 0.821. The molecule has 0 saturated carbocycles. The van der Waals surface area contributed by atoms with Gasteiger partial charge in [-0.3, -0.25) is 14.5 Å². The summed E-state index contributed by atoms with van der Waals surface area (Å²) in [7, 11) is 0. The molecule has 29 heavy (non-hydrogen) atoms. The van der Waals surface area contributed by atoms with E-state index in [0.29, 0.717) is 36.0 Å². The van der Waals surface area contributed by atoms with E-state index in [1.54, 1.807) is 35.9 Å². The molecule has 1 unspecified atom stereocenters. The summed E-state index contributed by atoms with van der Waals surface area (Å²) in [6, 6.07) is 3.51. The first-order chi connectivity index (χ1) is 13.8. The van der Waals surface area contributed by atoms with Crippen LogP contribution < -0.4 is 20.7 Å². The maximum absolute atomic E-state index is 13.3. The largest absolute Gasteiger partial charge is 0.491 e. The molecule has 2 aliphatic rings. The summed E-state index contributed by atoms with van der Waals surface area (Å²) < 4.78 is 34.3. The molecule has 0 bridgehead atoms. The van der Waals surface area contributed by atoms with Crippen LogP contribution in [0.15, 0.2) is 24.4 Å². The van der Waals surface area contributed by atoms with Crippen molar-refractivity contribution in [3.05, 3.63) is 24.4 Å². The van der Waals surface area contributed by atoms with E-state index in [0.717, 1.165) is 16.7 Å². The standard InChI is InChI=1S/C18H19F2N5O3S/c1-9(16(21)26)22-10-2-3-11-13(6-10)28-5-4-24-7-14(23-17(11)24)25-12(15(19)20)8-29-18(25)27/h2-3,6-7,9,12,15,22H,4-5,8H2,1H3,(H2,21,26)/t9?,12-/m0/s1.